The van der Waals surface area contributed by atoms with Gasteiger partial charge >= 0.3 is 0 Å². The Morgan fingerprint density at radius 1 is 1.45 bits per heavy atom. The Morgan fingerprint density at radius 3 is 2.95 bits per heavy atom. The van der Waals surface area contributed by atoms with Crippen molar-refractivity contribution < 1.29 is 9.53 Å². The van der Waals surface area contributed by atoms with Gasteiger partial charge in [0.2, 0.25) is 5.91 Å². The first-order valence-corrected chi connectivity index (χ1v) is 7.07. The van der Waals surface area contributed by atoms with Gasteiger partial charge in [0.1, 0.15) is 0 Å². The van der Waals surface area contributed by atoms with Gasteiger partial charge in [-0.3, -0.25) is 4.79 Å². The average Bonchev–Trinajstić information content (AvgIpc) is 3.10. The van der Waals surface area contributed by atoms with Crippen LogP contribution in [0.4, 0.5) is 17.1 Å². The van der Waals surface area contributed by atoms with Crippen molar-refractivity contribution in [2.24, 2.45) is 5.41 Å². The molecular weight excluding hydrogens is 254 g/mol. The quantitative estimate of drug-likeness (QED) is 0.694. The van der Waals surface area contributed by atoms with E-state index in [-0.39, 0.29) is 5.91 Å². The van der Waals surface area contributed by atoms with Crippen LogP contribution in [0.2, 0.25) is 0 Å². The zero-order chi connectivity index (χ0) is 14.2. The molecule has 3 rings (SSSR count). The lowest BCUT2D eigenvalue weighted by Crippen LogP contribution is -2.18. The molecule has 1 fully saturated rings. The summed E-state index contributed by atoms with van der Waals surface area (Å²) < 4.78 is 5.17. The number of hydrogen-bond acceptors (Lipinski definition) is 4. The molecule has 0 bridgehead atoms. The molecule has 2 aliphatic rings. The Labute approximate surface area is 118 Å². The van der Waals surface area contributed by atoms with E-state index in [2.05, 4.69) is 10.6 Å². The Bertz CT molecular complexity index is 538. The smallest absolute Gasteiger partial charge is 0.228 e. The van der Waals surface area contributed by atoms with Gasteiger partial charge in [0, 0.05) is 25.9 Å². The maximum atomic E-state index is 11.4. The van der Waals surface area contributed by atoms with E-state index in [0.29, 0.717) is 17.5 Å². The molecule has 1 aromatic rings. The molecule has 1 aromatic carbocycles. The zero-order valence-corrected chi connectivity index (χ0v) is 11.8. The molecule has 4 N–H and O–H groups in total. The maximum absolute atomic E-state index is 11.4. The van der Waals surface area contributed by atoms with Crippen molar-refractivity contribution in [3.63, 3.8) is 0 Å². The van der Waals surface area contributed by atoms with Gasteiger partial charge in [-0.05, 0) is 42.4 Å². The third kappa shape index (κ3) is 2.58. The minimum absolute atomic E-state index is 0.0373. The Balaban J connectivity index is 1.66. The predicted molar refractivity (Wildman–Crippen MR) is 79.8 cm³/mol. The minimum atomic E-state index is 0.0373. The van der Waals surface area contributed by atoms with Crippen LogP contribution in [0, 0.1) is 5.41 Å². The first-order chi connectivity index (χ1) is 9.62. The Hall–Kier alpha value is -1.75. The van der Waals surface area contributed by atoms with Crippen molar-refractivity contribution in [3.8, 4) is 0 Å². The van der Waals surface area contributed by atoms with Gasteiger partial charge in [-0.15, -0.1) is 0 Å². The van der Waals surface area contributed by atoms with Crippen molar-refractivity contribution in [3.05, 3.63) is 17.7 Å². The molecule has 108 valence electrons. The highest BCUT2D eigenvalue weighted by Crippen LogP contribution is 2.49. The fraction of sp³-hybridized carbons (Fsp3) is 0.533. The first-order valence-electron chi connectivity index (χ1n) is 7.07. The molecule has 0 saturated heterocycles. The summed E-state index contributed by atoms with van der Waals surface area (Å²) in [5.41, 5.74) is 9.92. The summed E-state index contributed by atoms with van der Waals surface area (Å²) in [6.07, 6.45) is 3.99. The van der Waals surface area contributed by atoms with Crippen LogP contribution in [-0.2, 0) is 16.0 Å². The van der Waals surface area contributed by atoms with E-state index in [9.17, 15) is 4.79 Å². The van der Waals surface area contributed by atoms with Crippen molar-refractivity contribution in [1.82, 2.24) is 0 Å². The van der Waals surface area contributed by atoms with Gasteiger partial charge in [-0.25, -0.2) is 0 Å². The molecular formula is C15H21N3O2. The molecule has 1 heterocycles. The van der Waals surface area contributed by atoms with Crippen molar-refractivity contribution in [2.75, 3.05) is 36.6 Å². The van der Waals surface area contributed by atoms with E-state index in [1.807, 2.05) is 12.1 Å². The molecule has 1 aliphatic carbocycles. The average molecular weight is 275 g/mol. The number of fused-ring (bicyclic) bond motifs is 1. The number of methoxy groups -OCH3 is 1. The standard InChI is InChI=1S/C15H21N3O2/c1-20-5-4-15(2-3-15)9-17-13-8-12-10(6-11(13)16)7-14(19)18-12/h6,8,17H,2-5,7,9,16H2,1H3,(H,18,19). The molecule has 0 unspecified atom stereocenters. The highest BCUT2D eigenvalue weighted by Gasteiger charge is 2.41. The normalized spacial score (nSPS) is 18.6. The van der Waals surface area contributed by atoms with Crippen LogP contribution in [0.25, 0.3) is 0 Å². The number of nitrogens with one attached hydrogen (secondary N) is 2. The number of hydrogen-bond donors (Lipinski definition) is 3. The minimum Gasteiger partial charge on any atom is -0.397 e. The third-order valence-electron chi connectivity index (χ3n) is 4.35. The monoisotopic (exact) mass is 275 g/mol. The van der Waals surface area contributed by atoms with Crippen LogP contribution in [-0.4, -0.2) is 26.2 Å². The topological polar surface area (TPSA) is 76.4 Å². The molecule has 1 saturated carbocycles. The molecule has 0 aromatic heterocycles. The van der Waals surface area contributed by atoms with Gasteiger partial charge < -0.3 is 21.1 Å². The highest BCUT2D eigenvalue weighted by molar-refractivity contribution is 6.00. The lowest BCUT2D eigenvalue weighted by molar-refractivity contribution is -0.115. The van der Waals surface area contributed by atoms with Gasteiger partial charge in [-0.1, -0.05) is 0 Å². The summed E-state index contributed by atoms with van der Waals surface area (Å²) in [4.78, 5) is 11.4. The van der Waals surface area contributed by atoms with E-state index in [1.54, 1.807) is 7.11 Å². The van der Waals surface area contributed by atoms with Crippen LogP contribution < -0.4 is 16.4 Å². The number of carbonyl (C=O) groups is 1. The van der Waals surface area contributed by atoms with Crippen LogP contribution in [0.3, 0.4) is 0 Å². The number of rotatable bonds is 6. The Kier molecular flexibility index (Phi) is 3.30. The summed E-state index contributed by atoms with van der Waals surface area (Å²) in [6.45, 7) is 1.71. The van der Waals surface area contributed by atoms with E-state index in [1.165, 1.54) is 12.8 Å². The molecule has 0 spiro atoms. The number of ether oxygens (including phenoxy) is 1. The van der Waals surface area contributed by atoms with E-state index < -0.39 is 0 Å². The Morgan fingerprint density at radius 2 is 2.25 bits per heavy atom. The molecule has 5 nitrogen and oxygen atoms in total. The van der Waals surface area contributed by atoms with Crippen molar-refractivity contribution in [2.45, 2.75) is 25.7 Å². The number of benzene rings is 1. The summed E-state index contributed by atoms with van der Waals surface area (Å²) in [5, 5.41) is 6.29. The molecule has 0 radical (unpaired) electrons. The lowest BCUT2D eigenvalue weighted by Gasteiger charge is -2.18. The number of amides is 1. The number of nitrogen functional groups attached to an aromatic ring is 1. The lowest BCUT2D eigenvalue weighted by atomic mass is 10.0. The van der Waals surface area contributed by atoms with Crippen molar-refractivity contribution >= 4 is 23.0 Å². The summed E-state index contributed by atoms with van der Waals surface area (Å²) in [7, 11) is 1.74. The molecule has 0 atom stereocenters. The molecule has 1 amide bonds. The number of carbonyl (C=O) groups excluding carboxylic acids is 1. The molecule has 1 aliphatic heterocycles. The summed E-state index contributed by atoms with van der Waals surface area (Å²) in [6, 6.07) is 3.84. The van der Waals surface area contributed by atoms with E-state index in [4.69, 9.17) is 10.5 Å². The molecule has 20 heavy (non-hydrogen) atoms. The van der Waals surface area contributed by atoms with Crippen LogP contribution in [0.5, 0.6) is 0 Å². The second-order valence-electron chi connectivity index (χ2n) is 5.92. The fourth-order valence-corrected chi connectivity index (χ4v) is 2.74. The van der Waals surface area contributed by atoms with Gasteiger partial charge in [0.15, 0.2) is 0 Å². The van der Waals surface area contributed by atoms with Gasteiger partial charge in [-0.2, -0.15) is 0 Å². The predicted octanol–water partition coefficient (Wildman–Crippen LogP) is 1.99. The summed E-state index contributed by atoms with van der Waals surface area (Å²) >= 11 is 0. The number of anilines is 3. The fourth-order valence-electron chi connectivity index (χ4n) is 2.74. The highest BCUT2D eigenvalue weighted by atomic mass is 16.5. The largest absolute Gasteiger partial charge is 0.397 e. The first kappa shape index (κ1) is 13.2. The third-order valence-corrected chi connectivity index (χ3v) is 4.35. The second kappa shape index (κ2) is 4.98. The zero-order valence-electron chi connectivity index (χ0n) is 11.8. The van der Waals surface area contributed by atoms with Crippen LogP contribution in [0.15, 0.2) is 12.1 Å². The maximum Gasteiger partial charge on any atom is 0.228 e. The van der Waals surface area contributed by atoms with E-state index >= 15 is 0 Å². The van der Waals surface area contributed by atoms with Crippen LogP contribution in [0.1, 0.15) is 24.8 Å². The van der Waals surface area contributed by atoms with Crippen molar-refractivity contribution in [1.29, 1.82) is 0 Å². The van der Waals surface area contributed by atoms with E-state index in [0.717, 1.165) is 36.5 Å². The van der Waals surface area contributed by atoms with Gasteiger partial charge in [0.05, 0.1) is 17.8 Å². The van der Waals surface area contributed by atoms with Crippen LogP contribution >= 0.6 is 0 Å². The summed E-state index contributed by atoms with van der Waals surface area (Å²) in [5.74, 6) is 0.0373. The van der Waals surface area contributed by atoms with Gasteiger partial charge in [0.25, 0.3) is 0 Å². The number of nitrogens with two attached hydrogens (primary N) is 1. The SMILES string of the molecule is COCCC1(CNc2cc3c(cc2N)CC(=O)N3)CC1. The molecule has 5 heteroatoms. The second-order valence-corrected chi connectivity index (χ2v) is 5.92.